The van der Waals surface area contributed by atoms with Crippen molar-refractivity contribution in [3.8, 4) is 0 Å². The van der Waals surface area contributed by atoms with Gasteiger partial charge in [0.1, 0.15) is 0 Å². The number of nitrogens with one attached hydrogen (secondary N) is 2. The summed E-state index contributed by atoms with van der Waals surface area (Å²) in [6.07, 6.45) is 3.37. The number of aliphatic carboxylic acids is 1. The number of carbonyl (C=O) groups excluding carboxylic acids is 2. The number of fused-ring (bicyclic) bond motifs is 3. The number of imide groups is 1. The van der Waals surface area contributed by atoms with E-state index in [0.29, 0.717) is 18.8 Å². The predicted molar refractivity (Wildman–Crippen MR) is 75.7 cm³/mol. The molecule has 0 radical (unpaired) electrons. The Bertz CT molecular complexity index is 405. The summed E-state index contributed by atoms with van der Waals surface area (Å²) >= 11 is 0. The van der Waals surface area contributed by atoms with E-state index in [0.717, 1.165) is 32.5 Å². The van der Waals surface area contributed by atoms with Gasteiger partial charge in [0.05, 0.1) is 0 Å². The Hall–Kier alpha value is -1.63. The fourth-order valence-corrected chi connectivity index (χ4v) is 3.08. The van der Waals surface area contributed by atoms with Crippen LogP contribution in [-0.2, 0) is 9.59 Å². The number of urea groups is 1. The minimum atomic E-state index is -0.865. The largest absolute Gasteiger partial charge is 0.481 e. The van der Waals surface area contributed by atoms with Gasteiger partial charge in [0.25, 0.3) is 0 Å². The van der Waals surface area contributed by atoms with Gasteiger partial charge in [-0.05, 0) is 44.7 Å². The maximum absolute atomic E-state index is 11.8. The first-order valence-electron chi connectivity index (χ1n) is 7.59. The van der Waals surface area contributed by atoms with Crippen LogP contribution in [0, 0.1) is 5.92 Å². The quantitative estimate of drug-likeness (QED) is 0.622. The fraction of sp³-hybridized carbons (Fsp3) is 0.786. The Kier molecular flexibility index (Phi) is 5.55. The molecule has 3 fully saturated rings. The Morgan fingerprint density at radius 3 is 2.33 bits per heavy atom. The second-order valence-corrected chi connectivity index (χ2v) is 5.87. The van der Waals surface area contributed by atoms with Crippen LogP contribution >= 0.6 is 0 Å². The van der Waals surface area contributed by atoms with Crippen molar-refractivity contribution in [3.63, 3.8) is 0 Å². The van der Waals surface area contributed by atoms with Crippen LogP contribution in [0.4, 0.5) is 4.79 Å². The van der Waals surface area contributed by atoms with Crippen molar-refractivity contribution in [2.24, 2.45) is 5.92 Å². The van der Waals surface area contributed by atoms with Crippen LogP contribution in [0.1, 0.15) is 38.5 Å². The zero-order chi connectivity index (χ0) is 15.2. The van der Waals surface area contributed by atoms with Gasteiger partial charge >= 0.3 is 12.0 Å². The molecule has 0 aromatic rings. The average molecular weight is 297 g/mol. The molecule has 0 saturated carbocycles. The topological polar surface area (TPSA) is 98.7 Å². The molecular weight excluding hydrogens is 274 g/mol. The molecule has 3 amide bonds. The van der Waals surface area contributed by atoms with Crippen molar-refractivity contribution in [2.75, 3.05) is 19.6 Å². The van der Waals surface area contributed by atoms with Crippen LogP contribution in [0.15, 0.2) is 0 Å². The van der Waals surface area contributed by atoms with E-state index in [1.54, 1.807) is 0 Å². The number of hydrogen-bond donors (Lipinski definition) is 3. The number of piperidine rings is 3. The molecule has 0 spiro atoms. The molecule has 0 aromatic carbocycles. The van der Waals surface area contributed by atoms with Crippen molar-refractivity contribution in [1.82, 2.24) is 15.5 Å². The molecule has 0 aliphatic carbocycles. The summed E-state index contributed by atoms with van der Waals surface area (Å²) in [6.45, 7) is 3.07. The second-order valence-electron chi connectivity index (χ2n) is 5.87. The number of carboxylic acids is 1. The minimum Gasteiger partial charge on any atom is -0.481 e. The minimum absolute atomic E-state index is 0.0546. The first-order valence-corrected chi connectivity index (χ1v) is 7.59. The number of rotatable bonds is 6. The van der Waals surface area contributed by atoms with Crippen LogP contribution < -0.4 is 10.6 Å². The van der Waals surface area contributed by atoms with E-state index in [9.17, 15) is 14.4 Å². The lowest BCUT2D eigenvalue weighted by Gasteiger charge is -2.44. The molecule has 7 nitrogen and oxygen atoms in total. The highest BCUT2D eigenvalue weighted by atomic mass is 16.4. The van der Waals surface area contributed by atoms with E-state index in [-0.39, 0.29) is 24.8 Å². The van der Waals surface area contributed by atoms with Crippen LogP contribution in [0.25, 0.3) is 0 Å². The van der Waals surface area contributed by atoms with Crippen molar-refractivity contribution in [3.05, 3.63) is 0 Å². The van der Waals surface area contributed by atoms with Crippen molar-refractivity contribution >= 4 is 17.9 Å². The summed E-state index contributed by atoms with van der Waals surface area (Å²) in [7, 11) is 0. The molecular formula is C14H23N3O4. The van der Waals surface area contributed by atoms with Gasteiger partial charge in [-0.15, -0.1) is 0 Å². The number of nitrogens with zero attached hydrogens (tertiary/aromatic N) is 1. The lowest BCUT2D eigenvalue weighted by atomic mass is 9.84. The van der Waals surface area contributed by atoms with Gasteiger partial charge in [-0.1, -0.05) is 0 Å². The highest BCUT2D eigenvalue weighted by Gasteiger charge is 2.34. The third-order valence-corrected chi connectivity index (χ3v) is 4.27. The molecule has 3 aliphatic heterocycles. The summed E-state index contributed by atoms with van der Waals surface area (Å²) in [5.41, 5.74) is 0. The monoisotopic (exact) mass is 297 g/mol. The molecule has 3 N–H and O–H groups in total. The Labute approximate surface area is 124 Å². The lowest BCUT2D eigenvalue weighted by Crippen LogP contribution is -2.59. The second kappa shape index (κ2) is 7.40. The van der Waals surface area contributed by atoms with Gasteiger partial charge in [0.15, 0.2) is 0 Å². The summed E-state index contributed by atoms with van der Waals surface area (Å²) in [4.78, 5) is 36.0. The highest BCUT2D eigenvalue weighted by Crippen LogP contribution is 2.27. The van der Waals surface area contributed by atoms with Gasteiger partial charge in [-0.25, -0.2) is 4.79 Å². The number of carboxylic acid groups (broad SMARTS) is 1. The van der Waals surface area contributed by atoms with Gasteiger partial charge in [0, 0.05) is 25.4 Å². The van der Waals surface area contributed by atoms with E-state index in [1.807, 2.05) is 0 Å². The molecule has 21 heavy (non-hydrogen) atoms. The van der Waals surface area contributed by atoms with Crippen molar-refractivity contribution in [1.29, 1.82) is 0 Å². The number of hydrogen-bond acceptors (Lipinski definition) is 4. The van der Waals surface area contributed by atoms with Crippen molar-refractivity contribution in [2.45, 2.75) is 44.6 Å². The maximum Gasteiger partial charge on any atom is 0.321 e. The Morgan fingerprint density at radius 2 is 1.76 bits per heavy atom. The standard InChI is InChI=1S/C14H23N3O4/c18-12(3-1-2-4-13(19)20)16-14(21)15-11-9-17-7-5-10(11)6-8-17/h10-11H,1-9H2,(H,19,20)(H2,15,16,18,21). The molecule has 1 unspecified atom stereocenters. The lowest BCUT2D eigenvalue weighted by molar-refractivity contribution is -0.137. The molecule has 2 bridgehead atoms. The molecule has 118 valence electrons. The van der Waals surface area contributed by atoms with E-state index in [4.69, 9.17) is 5.11 Å². The fourth-order valence-electron chi connectivity index (χ4n) is 3.08. The summed E-state index contributed by atoms with van der Waals surface area (Å²) < 4.78 is 0. The average Bonchev–Trinajstić information content (AvgIpc) is 2.44. The molecule has 3 saturated heterocycles. The maximum atomic E-state index is 11.8. The van der Waals surface area contributed by atoms with Crippen LogP contribution in [0.2, 0.25) is 0 Å². The summed E-state index contributed by atoms with van der Waals surface area (Å²) in [5.74, 6) is -0.693. The third-order valence-electron chi connectivity index (χ3n) is 4.27. The van der Waals surface area contributed by atoms with E-state index in [2.05, 4.69) is 15.5 Å². The Balaban J connectivity index is 1.62. The predicted octanol–water partition coefficient (Wildman–Crippen LogP) is 0.551. The molecule has 3 aliphatic rings. The summed E-state index contributed by atoms with van der Waals surface area (Å²) in [6, 6.07) is -0.302. The zero-order valence-corrected chi connectivity index (χ0v) is 12.1. The van der Waals surface area contributed by atoms with E-state index in [1.165, 1.54) is 0 Å². The number of unbranched alkanes of at least 4 members (excludes halogenated alkanes) is 1. The summed E-state index contributed by atoms with van der Waals surface area (Å²) in [5, 5.41) is 13.7. The Morgan fingerprint density at radius 1 is 1.10 bits per heavy atom. The van der Waals surface area contributed by atoms with Crippen LogP contribution in [0.5, 0.6) is 0 Å². The van der Waals surface area contributed by atoms with Crippen LogP contribution in [-0.4, -0.2) is 53.6 Å². The normalized spacial score (nSPS) is 27.1. The van der Waals surface area contributed by atoms with E-state index >= 15 is 0 Å². The van der Waals surface area contributed by atoms with Gasteiger partial charge < -0.3 is 15.3 Å². The van der Waals surface area contributed by atoms with E-state index < -0.39 is 12.0 Å². The number of carbonyl (C=O) groups is 3. The third kappa shape index (κ3) is 5.00. The first kappa shape index (κ1) is 15.8. The van der Waals surface area contributed by atoms with Gasteiger partial charge in [-0.2, -0.15) is 0 Å². The molecule has 1 atom stereocenters. The van der Waals surface area contributed by atoms with Gasteiger partial charge in [-0.3, -0.25) is 14.9 Å². The smallest absolute Gasteiger partial charge is 0.321 e. The molecule has 3 rings (SSSR count). The van der Waals surface area contributed by atoms with Gasteiger partial charge in [0.2, 0.25) is 5.91 Å². The van der Waals surface area contributed by atoms with Crippen molar-refractivity contribution < 1.29 is 19.5 Å². The zero-order valence-electron chi connectivity index (χ0n) is 12.1. The van der Waals surface area contributed by atoms with Crippen LogP contribution in [0.3, 0.4) is 0 Å². The number of amides is 3. The first-order chi connectivity index (χ1) is 10.0. The molecule has 7 heteroatoms. The highest BCUT2D eigenvalue weighted by molar-refractivity contribution is 5.94. The molecule has 0 aromatic heterocycles. The molecule has 3 heterocycles. The SMILES string of the molecule is O=C(O)CCCCC(=O)NC(=O)NC1CN2CCC1CC2.